The molecule has 0 saturated carbocycles. The number of fused-ring (bicyclic) bond motifs is 1. The quantitative estimate of drug-likeness (QED) is 0.576. The number of hydrogen-bond donors (Lipinski definition) is 1. The van der Waals surface area contributed by atoms with E-state index >= 15 is 0 Å². The van der Waals surface area contributed by atoms with E-state index in [2.05, 4.69) is 4.98 Å². The molecule has 7 nitrogen and oxygen atoms in total. The molecular formula is C17H12N2O5. The standard InChI is InChI=1S/C17H12N2O5/c1-10-8-15-14(9-13(10)17(20)21)16(6-7-18-15)24-12-4-2-11(3-5-12)19(22)23/h2-9H,1H3,(H,20,21). The van der Waals surface area contributed by atoms with Crippen molar-refractivity contribution in [1.29, 1.82) is 0 Å². The van der Waals surface area contributed by atoms with Crippen molar-refractivity contribution in [2.75, 3.05) is 0 Å². The van der Waals surface area contributed by atoms with E-state index in [0.717, 1.165) is 0 Å². The highest BCUT2D eigenvalue weighted by Gasteiger charge is 2.13. The third-order valence-electron chi connectivity index (χ3n) is 3.55. The van der Waals surface area contributed by atoms with Crippen LogP contribution in [0.5, 0.6) is 11.5 Å². The second-order valence-corrected chi connectivity index (χ2v) is 5.15. The number of aryl methyl sites for hydroxylation is 1. The highest BCUT2D eigenvalue weighted by Crippen LogP contribution is 2.31. The Morgan fingerprint density at radius 3 is 2.54 bits per heavy atom. The number of nitro groups is 1. The van der Waals surface area contributed by atoms with E-state index < -0.39 is 10.9 Å². The molecular weight excluding hydrogens is 312 g/mol. The zero-order chi connectivity index (χ0) is 17.3. The van der Waals surface area contributed by atoms with Crippen LogP contribution >= 0.6 is 0 Å². The maximum atomic E-state index is 11.3. The third kappa shape index (κ3) is 2.87. The number of aromatic nitrogens is 1. The number of carboxylic acids is 1. The van der Waals surface area contributed by atoms with Gasteiger partial charge in [0.1, 0.15) is 11.5 Å². The highest BCUT2D eigenvalue weighted by molar-refractivity contribution is 5.97. The Hall–Kier alpha value is -3.48. The number of aromatic carboxylic acids is 1. The van der Waals surface area contributed by atoms with Crippen LogP contribution in [-0.2, 0) is 0 Å². The molecule has 0 fully saturated rings. The smallest absolute Gasteiger partial charge is 0.335 e. The molecule has 0 aliphatic heterocycles. The average molecular weight is 324 g/mol. The van der Waals surface area contributed by atoms with Gasteiger partial charge in [0, 0.05) is 23.7 Å². The molecule has 24 heavy (non-hydrogen) atoms. The SMILES string of the molecule is Cc1cc2nccc(Oc3ccc([N+](=O)[O-])cc3)c2cc1C(=O)O. The zero-order valence-electron chi connectivity index (χ0n) is 12.6. The molecule has 120 valence electrons. The van der Waals surface area contributed by atoms with Gasteiger partial charge in [-0.05, 0) is 42.8 Å². The maximum Gasteiger partial charge on any atom is 0.335 e. The Morgan fingerprint density at radius 2 is 1.92 bits per heavy atom. The molecule has 0 atom stereocenters. The largest absolute Gasteiger partial charge is 0.478 e. The summed E-state index contributed by atoms with van der Waals surface area (Å²) in [4.78, 5) is 25.7. The van der Waals surface area contributed by atoms with E-state index in [1.807, 2.05) is 0 Å². The lowest BCUT2D eigenvalue weighted by molar-refractivity contribution is -0.384. The lowest BCUT2D eigenvalue weighted by Gasteiger charge is -2.10. The Labute approximate surface area is 136 Å². The van der Waals surface area contributed by atoms with Crippen LogP contribution in [0.1, 0.15) is 15.9 Å². The third-order valence-corrected chi connectivity index (χ3v) is 3.55. The summed E-state index contributed by atoms with van der Waals surface area (Å²) >= 11 is 0. The number of ether oxygens (including phenoxy) is 1. The van der Waals surface area contributed by atoms with Crippen molar-refractivity contribution in [3.05, 3.63) is 69.9 Å². The van der Waals surface area contributed by atoms with Crippen LogP contribution in [0.4, 0.5) is 5.69 Å². The lowest BCUT2D eigenvalue weighted by Crippen LogP contribution is -2.00. The first kappa shape index (κ1) is 15.4. The number of non-ortho nitro benzene ring substituents is 1. The van der Waals surface area contributed by atoms with Crippen LogP contribution in [0.3, 0.4) is 0 Å². The second kappa shape index (κ2) is 5.96. The van der Waals surface area contributed by atoms with E-state index in [9.17, 15) is 20.0 Å². The molecule has 3 rings (SSSR count). The lowest BCUT2D eigenvalue weighted by atomic mass is 10.0. The fraction of sp³-hybridized carbons (Fsp3) is 0.0588. The molecule has 2 aromatic carbocycles. The van der Waals surface area contributed by atoms with Gasteiger partial charge in [-0.15, -0.1) is 0 Å². The fourth-order valence-corrected chi connectivity index (χ4v) is 2.35. The predicted octanol–water partition coefficient (Wildman–Crippen LogP) is 3.94. The molecule has 1 N–H and O–H groups in total. The molecule has 0 aliphatic carbocycles. The fourth-order valence-electron chi connectivity index (χ4n) is 2.35. The van der Waals surface area contributed by atoms with Gasteiger partial charge in [0.25, 0.3) is 5.69 Å². The number of nitrogens with zero attached hydrogens (tertiary/aromatic N) is 2. The average Bonchev–Trinajstić information content (AvgIpc) is 2.54. The van der Waals surface area contributed by atoms with E-state index in [4.69, 9.17) is 4.74 Å². The van der Waals surface area contributed by atoms with Gasteiger partial charge in [-0.1, -0.05) is 0 Å². The first-order valence-electron chi connectivity index (χ1n) is 7.00. The van der Waals surface area contributed by atoms with Gasteiger partial charge in [-0.2, -0.15) is 0 Å². The monoisotopic (exact) mass is 324 g/mol. The van der Waals surface area contributed by atoms with Gasteiger partial charge in [0.15, 0.2) is 0 Å². The molecule has 3 aromatic rings. The number of pyridine rings is 1. The Balaban J connectivity index is 2.04. The van der Waals surface area contributed by atoms with Gasteiger partial charge in [-0.25, -0.2) is 4.79 Å². The number of hydrogen-bond acceptors (Lipinski definition) is 5. The van der Waals surface area contributed by atoms with Gasteiger partial charge >= 0.3 is 5.97 Å². The minimum absolute atomic E-state index is 0.0364. The molecule has 1 heterocycles. The van der Waals surface area contributed by atoms with E-state index in [1.165, 1.54) is 30.3 Å². The van der Waals surface area contributed by atoms with Crippen LogP contribution < -0.4 is 4.74 Å². The topological polar surface area (TPSA) is 103 Å². The van der Waals surface area contributed by atoms with E-state index in [-0.39, 0.29) is 11.3 Å². The zero-order valence-corrected chi connectivity index (χ0v) is 12.6. The normalized spacial score (nSPS) is 10.5. The summed E-state index contributed by atoms with van der Waals surface area (Å²) in [6.45, 7) is 1.70. The summed E-state index contributed by atoms with van der Waals surface area (Å²) in [5.74, 6) is -0.193. The van der Waals surface area contributed by atoms with E-state index in [0.29, 0.717) is 28.0 Å². The van der Waals surface area contributed by atoms with Gasteiger partial charge in [0.05, 0.1) is 16.0 Å². The summed E-state index contributed by atoms with van der Waals surface area (Å²) in [6.07, 6.45) is 1.56. The Morgan fingerprint density at radius 1 is 1.21 bits per heavy atom. The van der Waals surface area contributed by atoms with Crippen LogP contribution in [0, 0.1) is 17.0 Å². The minimum atomic E-state index is -1.03. The van der Waals surface area contributed by atoms with Crippen LogP contribution in [-0.4, -0.2) is 21.0 Å². The van der Waals surface area contributed by atoms with Gasteiger partial charge in [0.2, 0.25) is 0 Å². The molecule has 0 amide bonds. The van der Waals surface area contributed by atoms with Crippen molar-refractivity contribution >= 4 is 22.6 Å². The molecule has 0 bridgehead atoms. The number of carboxylic acid groups (broad SMARTS) is 1. The molecule has 0 radical (unpaired) electrons. The Bertz CT molecular complexity index is 951. The first-order chi connectivity index (χ1) is 11.5. The molecule has 0 saturated heterocycles. The summed E-state index contributed by atoms with van der Waals surface area (Å²) < 4.78 is 5.75. The van der Waals surface area contributed by atoms with Crippen molar-refractivity contribution in [3.8, 4) is 11.5 Å². The van der Waals surface area contributed by atoms with Gasteiger partial charge in [-0.3, -0.25) is 15.1 Å². The summed E-state index contributed by atoms with van der Waals surface area (Å²) in [5, 5.41) is 20.5. The van der Waals surface area contributed by atoms with Crippen LogP contribution in [0.2, 0.25) is 0 Å². The van der Waals surface area contributed by atoms with Crippen molar-refractivity contribution in [1.82, 2.24) is 4.98 Å². The molecule has 7 heteroatoms. The van der Waals surface area contributed by atoms with Crippen molar-refractivity contribution in [3.63, 3.8) is 0 Å². The summed E-state index contributed by atoms with van der Waals surface area (Å²) in [6, 6.07) is 10.5. The number of rotatable bonds is 4. The maximum absolute atomic E-state index is 11.3. The van der Waals surface area contributed by atoms with Crippen molar-refractivity contribution in [2.24, 2.45) is 0 Å². The highest BCUT2D eigenvalue weighted by atomic mass is 16.6. The van der Waals surface area contributed by atoms with Crippen LogP contribution in [0.25, 0.3) is 10.9 Å². The second-order valence-electron chi connectivity index (χ2n) is 5.15. The first-order valence-corrected chi connectivity index (χ1v) is 7.00. The number of benzene rings is 2. The predicted molar refractivity (Wildman–Crippen MR) is 86.6 cm³/mol. The molecule has 0 spiro atoms. The summed E-state index contributed by atoms with van der Waals surface area (Å²) in [5.41, 5.74) is 1.35. The number of carbonyl (C=O) groups is 1. The summed E-state index contributed by atoms with van der Waals surface area (Å²) in [7, 11) is 0. The minimum Gasteiger partial charge on any atom is -0.478 e. The van der Waals surface area contributed by atoms with Gasteiger partial charge < -0.3 is 9.84 Å². The number of nitro benzene ring substituents is 1. The van der Waals surface area contributed by atoms with E-state index in [1.54, 1.807) is 25.3 Å². The van der Waals surface area contributed by atoms with Crippen molar-refractivity contribution in [2.45, 2.75) is 6.92 Å². The van der Waals surface area contributed by atoms with Crippen molar-refractivity contribution < 1.29 is 19.6 Å². The molecule has 0 aliphatic rings. The molecule has 0 unspecified atom stereocenters. The Kier molecular flexibility index (Phi) is 3.83. The van der Waals surface area contributed by atoms with Crippen LogP contribution in [0.15, 0.2) is 48.7 Å². The molecule has 1 aromatic heterocycles.